The molecule has 1 saturated carbocycles. The first kappa shape index (κ1) is 22.3. The quantitative estimate of drug-likeness (QED) is 0.665. The SMILES string of the molecule is COC(C)C(C)Nc1cc(N2CC3(CC3)c3cnc(NC(C)=O)cc32)nc(C(C)(F)F)n1. The summed E-state index contributed by atoms with van der Waals surface area (Å²) in [6.07, 6.45) is 3.61. The summed E-state index contributed by atoms with van der Waals surface area (Å²) in [6.45, 7) is 6.60. The Bertz CT molecular complexity index is 1040. The number of rotatable bonds is 7. The summed E-state index contributed by atoms with van der Waals surface area (Å²) in [5.41, 5.74) is 1.81. The van der Waals surface area contributed by atoms with Gasteiger partial charge in [0.2, 0.25) is 11.7 Å². The molecule has 2 aromatic heterocycles. The van der Waals surface area contributed by atoms with Crippen LogP contribution in [0.5, 0.6) is 0 Å². The molecule has 1 amide bonds. The highest BCUT2D eigenvalue weighted by Gasteiger charge is 2.53. The lowest BCUT2D eigenvalue weighted by molar-refractivity contribution is -0.114. The fraction of sp³-hybridized carbons (Fsp3) is 0.545. The molecule has 1 aliphatic carbocycles. The molecular formula is C22H28F2N6O2. The molecule has 1 aliphatic heterocycles. The van der Waals surface area contributed by atoms with Gasteiger partial charge in [0.15, 0.2) is 0 Å². The Kier molecular flexibility index (Phi) is 5.52. The maximum Gasteiger partial charge on any atom is 0.303 e. The van der Waals surface area contributed by atoms with E-state index in [4.69, 9.17) is 4.74 Å². The standard InChI is InChI=1S/C22H28F2N6O2/c1-12(13(2)32-5)26-18-9-19(29-20(28-18)21(4,23)24)30-11-22(6-7-22)15-10-25-17(8-16(15)30)27-14(3)31/h8-10,12-13H,6-7,11H2,1-5H3,(H,25,27,31)(H,26,28,29). The van der Waals surface area contributed by atoms with Crippen LogP contribution in [0.1, 0.15) is 51.9 Å². The molecule has 2 N–H and O–H groups in total. The normalized spacial score (nSPS) is 18.3. The van der Waals surface area contributed by atoms with E-state index in [1.165, 1.54) is 6.92 Å². The third-order valence-electron chi connectivity index (χ3n) is 6.20. The van der Waals surface area contributed by atoms with Gasteiger partial charge in [0.1, 0.15) is 17.5 Å². The van der Waals surface area contributed by atoms with Crippen molar-refractivity contribution in [1.29, 1.82) is 0 Å². The summed E-state index contributed by atoms with van der Waals surface area (Å²) in [6, 6.07) is 3.30. The molecule has 1 fully saturated rings. The van der Waals surface area contributed by atoms with Crippen molar-refractivity contribution >= 4 is 29.0 Å². The monoisotopic (exact) mass is 446 g/mol. The van der Waals surface area contributed by atoms with Crippen LogP contribution in [0.3, 0.4) is 0 Å². The number of nitrogens with one attached hydrogen (secondary N) is 2. The smallest absolute Gasteiger partial charge is 0.303 e. The van der Waals surface area contributed by atoms with Gasteiger partial charge in [0, 0.05) is 56.8 Å². The average molecular weight is 447 g/mol. The van der Waals surface area contributed by atoms with Crippen molar-refractivity contribution in [3.05, 3.63) is 29.7 Å². The molecule has 4 rings (SSSR count). The van der Waals surface area contributed by atoms with Gasteiger partial charge in [-0.05, 0) is 26.7 Å². The number of ether oxygens (including phenoxy) is 1. The lowest BCUT2D eigenvalue weighted by atomic mass is 10.0. The Morgan fingerprint density at radius 1 is 1.25 bits per heavy atom. The van der Waals surface area contributed by atoms with E-state index in [-0.39, 0.29) is 23.5 Å². The minimum absolute atomic E-state index is 0.0532. The van der Waals surface area contributed by atoms with Gasteiger partial charge in [-0.1, -0.05) is 0 Å². The zero-order chi connectivity index (χ0) is 23.3. The number of carbonyl (C=O) groups is 1. The summed E-state index contributed by atoms with van der Waals surface area (Å²) in [7, 11) is 1.59. The molecule has 1 spiro atoms. The molecule has 0 saturated heterocycles. The second-order valence-electron chi connectivity index (χ2n) is 8.83. The van der Waals surface area contributed by atoms with Gasteiger partial charge in [-0.3, -0.25) is 4.79 Å². The number of methoxy groups -OCH3 is 1. The van der Waals surface area contributed by atoms with Crippen LogP contribution in [0, 0.1) is 0 Å². The van der Waals surface area contributed by atoms with Crippen LogP contribution in [0.25, 0.3) is 0 Å². The zero-order valence-electron chi connectivity index (χ0n) is 18.9. The molecule has 10 heteroatoms. The van der Waals surface area contributed by atoms with Crippen molar-refractivity contribution in [2.75, 3.05) is 29.2 Å². The lowest BCUT2D eigenvalue weighted by Crippen LogP contribution is -2.31. The Morgan fingerprint density at radius 3 is 2.56 bits per heavy atom. The van der Waals surface area contributed by atoms with Crippen molar-refractivity contribution in [3.8, 4) is 0 Å². The first-order valence-corrected chi connectivity index (χ1v) is 10.6. The molecule has 32 heavy (non-hydrogen) atoms. The summed E-state index contributed by atoms with van der Waals surface area (Å²) >= 11 is 0. The number of amides is 1. The zero-order valence-corrected chi connectivity index (χ0v) is 18.9. The van der Waals surface area contributed by atoms with Crippen LogP contribution in [0.2, 0.25) is 0 Å². The molecule has 2 atom stereocenters. The summed E-state index contributed by atoms with van der Waals surface area (Å²) in [5, 5.41) is 5.85. The minimum atomic E-state index is -3.21. The first-order chi connectivity index (χ1) is 15.0. The molecule has 2 aromatic rings. The Hall–Kier alpha value is -2.88. The summed E-state index contributed by atoms with van der Waals surface area (Å²) in [5.74, 6) is -2.90. The van der Waals surface area contributed by atoms with Gasteiger partial charge >= 0.3 is 5.92 Å². The van der Waals surface area contributed by atoms with Crippen molar-refractivity contribution in [2.45, 2.75) is 64.0 Å². The number of anilines is 4. The fourth-order valence-electron chi connectivity index (χ4n) is 3.98. The number of nitrogens with zero attached hydrogens (tertiary/aromatic N) is 4. The number of hydrogen-bond donors (Lipinski definition) is 2. The number of carbonyl (C=O) groups excluding carboxylic acids is 1. The summed E-state index contributed by atoms with van der Waals surface area (Å²) in [4.78, 5) is 26.1. The second-order valence-corrected chi connectivity index (χ2v) is 8.83. The van der Waals surface area contributed by atoms with Crippen LogP contribution in [-0.4, -0.2) is 46.7 Å². The van der Waals surface area contributed by atoms with Gasteiger partial charge < -0.3 is 20.3 Å². The Balaban J connectivity index is 1.76. The second kappa shape index (κ2) is 7.91. The Labute approximate surface area is 185 Å². The third-order valence-corrected chi connectivity index (χ3v) is 6.20. The van der Waals surface area contributed by atoms with E-state index in [2.05, 4.69) is 25.6 Å². The van der Waals surface area contributed by atoms with Gasteiger partial charge in [0.05, 0.1) is 17.8 Å². The van der Waals surface area contributed by atoms with Crippen LogP contribution in [0.15, 0.2) is 18.3 Å². The molecular weight excluding hydrogens is 418 g/mol. The summed E-state index contributed by atoms with van der Waals surface area (Å²) < 4.78 is 33.9. The topological polar surface area (TPSA) is 92.3 Å². The highest BCUT2D eigenvalue weighted by atomic mass is 19.3. The van der Waals surface area contributed by atoms with E-state index in [1.807, 2.05) is 18.7 Å². The number of halogens is 2. The number of pyridine rings is 1. The van der Waals surface area contributed by atoms with Crippen molar-refractivity contribution in [2.24, 2.45) is 0 Å². The molecule has 0 aromatic carbocycles. The van der Waals surface area contributed by atoms with Gasteiger partial charge in [-0.25, -0.2) is 15.0 Å². The van der Waals surface area contributed by atoms with Gasteiger partial charge in [-0.15, -0.1) is 0 Å². The van der Waals surface area contributed by atoms with E-state index in [1.54, 1.807) is 25.4 Å². The third kappa shape index (κ3) is 4.23. The van der Waals surface area contributed by atoms with Crippen molar-refractivity contribution in [3.63, 3.8) is 0 Å². The number of hydrogen-bond acceptors (Lipinski definition) is 7. The number of aromatic nitrogens is 3. The average Bonchev–Trinajstić information content (AvgIpc) is 3.43. The first-order valence-electron chi connectivity index (χ1n) is 10.6. The van der Waals surface area contributed by atoms with E-state index < -0.39 is 11.7 Å². The molecule has 0 bridgehead atoms. The van der Waals surface area contributed by atoms with E-state index >= 15 is 0 Å². The van der Waals surface area contributed by atoms with Crippen molar-refractivity contribution in [1.82, 2.24) is 15.0 Å². The van der Waals surface area contributed by atoms with Crippen LogP contribution in [-0.2, 0) is 20.9 Å². The number of fused-ring (bicyclic) bond motifs is 2. The van der Waals surface area contributed by atoms with Gasteiger partial charge in [-0.2, -0.15) is 8.78 Å². The van der Waals surface area contributed by atoms with E-state index in [0.29, 0.717) is 24.0 Å². The number of alkyl halides is 2. The minimum Gasteiger partial charge on any atom is -0.380 e. The van der Waals surface area contributed by atoms with Crippen LogP contribution in [0.4, 0.5) is 31.9 Å². The molecule has 2 aliphatic rings. The van der Waals surface area contributed by atoms with Gasteiger partial charge in [0.25, 0.3) is 0 Å². The van der Waals surface area contributed by atoms with Crippen molar-refractivity contribution < 1.29 is 18.3 Å². The highest BCUT2D eigenvalue weighted by Crippen LogP contribution is 2.58. The maximum absolute atomic E-state index is 14.3. The molecule has 8 nitrogen and oxygen atoms in total. The predicted molar refractivity (Wildman–Crippen MR) is 118 cm³/mol. The molecule has 0 radical (unpaired) electrons. The molecule has 2 unspecified atom stereocenters. The maximum atomic E-state index is 14.3. The fourth-order valence-corrected chi connectivity index (χ4v) is 3.98. The molecule has 3 heterocycles. The van der Waals surface area contributed by atoms with E-state index in [0.717, 1.165) is 31.0 Å². The highest BCUT2D eigenvalue weighted by molar-refractivity contribution is 5.89. The van der Waals surface area contributed by atoms with Crippen LogP contribution >= 0.6 is 0 Å². The largest absolute Gasteiger partial charge is 0.380 e. The Morgan fingerprint density at radius 2 is 1.97 bits per heavy atom. The van der Waals surface area contributed by atoms with Crippen LogP contribution < -0.4 is 15.5 Å². The lowest BCUT2D eigenvalue weighted by Gasteiger charge is -2.24. The molecule has 172 valence electrons. The predicted octanol–water partition coefficient (Wildman–Crippen LogP) is 3.96. The van der Waals surface area contributed by atoms with E-state index in [9.17, 15) is 13.6 Å².